The summed E-state index contributed by atoms with van der Waals surface area (Å²) < 4.78 is 32.3. The number of anilines is 3. The number of pyridine rings is 1. The molecule has 8 rings (SSSR count). The number of aromatic nitrogens is 1. The number of hydrogen-bond acceptors (Lipinski definition) is 6. The van der Waals surface area contributed by atoms with Gasteiger partial charge in [-0.15, -0.1) is 0 Å². The molecule has 3 heterocycles. The van der Waals surface area contributed by atoms with Crippen LogP contribution in [0.3, 0.4) is 0 Å². The molecule has 3 aliphatic rings. The van der Waals surface area contributed by atoms with Crippen molar-refractivity contribution in [1.29, 1.82) is 0 Å². The van der Waals surface area contributed by atoms with E-state index in [1.54, 1.807) is 11.8 Å². The fourth-order valence-electron chi connectivity index (χ4n) is 7.40. The van der Waals surface area contributed by atoms with Gasteiger partial charge in [0.15, 0.2) is 5.82 Å². The zero-order valence-corrected chi connectivity index (χ0v) is 32.0. The molecular formula is C45H47N3O2S. The Kier molecular flexibility index (Phi) is 7.19. The SMILES string of the molecule is [2H]C1([2H])c2c(ccc(C)c2C)[C@@]2(C)N=C(c3cc(Oc4cc(C)cc(N5c6ccc(C(C)(C)C)cc6Sc6cccnc65)c4)cc(C(C)C)c3)O[C@@]12C. The third kappa shape index (κ3) is 5.54. The van der Waals surface area contributed by atoms with E-state index in [2.05, 4.69) is 107 Å². The van der Waals surface area contributed by atoms with E-state index in [0.29, 0.717) is 23.0 Å². The average Bonchev–Trinajstić information content (AvgIpc) is 3.45. The number of aryl methyl sites for hydroxylation is 2. The quantitative estimate of drug-likeness (QED) is 0.180. The first-order valence-electron chi connectivity index (χ1n) is 18.8. The lowest BCUT2D eigenvalue weighted by molar-refractivity contribution is 0.0475. The summed E-state index contributed by atoms with van der Waals surface area (Å²) in [5, 5.41) is 0. The lowest BCUT2D eigenvalue weighted by Crippen LogP contribution is -2.41. The van der Waals surface area contributed by atoms with Crippen molar-refractivity contribution in [2.75, 3.05) is 4.90 Å². The highest BCUT2D eigenvalue weighted by Crippen LogP contribution is 2.55. The van der Waals surface area contributed by atoms with Crippen molar-refractivity contribution in [3.63, 3.8) is 0 Å². The van der Waals surface area contributed by atoms with Gasteiger partial charge in [0.2, 0.25) is 5.90 Å². The van der Waals surface area contributed by atoms with Crippen molar-refractivity contribution in [2.24, 2.45) is 4.99 Å². The fourth-order valence-corrected chi connectivity index (χ4v) is 8.46. The Morgan fingerprint density at radius 3 is 2.47 bits per heavy atom. The molecule has 0 N–H and O–H groups in total. The first-order valence-corrected chi connectivity index (χ1v) is 18.7. The maximum absolute atomic E-state index is 9.40. The molecule has 0 spiro atoms. The minimum Gasteiger partial charge on any atom is -0.468 e. The Balaban J connectivity index is 1.19. The summed E-state index contributed by atoms with van der Waals surface area (Å²) in [4.78, 5) is 14.6. The molecule has 1 aliphatic carbocycles. The van der Waals surface area contributed by atoms with Gasteiger partial charge in [-0.05, 0) is 139 Å². The first kappa shape index (κ1) is 31.2. The summed E-state index contributed by atoms with van der Waals surface area (Å²) in [6.45, 7) is 21.0. The van der Waals surface area contributed by atoms with Crippen LogP contribution < -0.4 is 9.64 Å². The molecule has 0 bridgehead atoms. The summed E-state index contributed by atoms with van der Waals surface area (Å²) >= 11 is 1.76. The lowest BCUT2D eigenvalue weighted by Gasteiger charge is -2.33. The number of benzene rings is 4. The Hall–Kier alpha value is -4.55. The molecular weight excluding hydrogens is 647 g/mol. The van der Waals surface area contributed by atoms with E-state index >= 15 is 0 Å². The number of fused-ring (bicyclic) bond motifs is 5. The minimum absolute atomic E-state index is 0.0286. The van der Waals surface area contributed by atoms with Crippen LogP contribution in [0.1, 0.15) is 102 Å². The van der Waals surface area contributed by atoms with E-state index in [4.69, 9.17) is 19.5 Å². The summed E-state index contributed by atoms with van der Waals surface area (Å²) in [6.07, 6.45) is 0.0982. The van der Waals surface area contributed by atoms with Gasteiger partial charge in [-0.1, -0.05) is 64.6 Å². The van der Waals surface area contributed by atoms with Gasteiger partial charge in [-0.25, -0.2) is 9.98 Å². The number of aliphatic imine (C=N–C) groups is 1. The third-order valence-electron chi connectivity index (χ3n) is 10.8. The van der Waals surface area contributed by atoms with Crippen LogP contribution >= 0.6 is 11.8 Å². The van der Waals surface area contributed by atoms with Gasteiger partial charge in [0.25, 0.3) is 0 Å². The smallest absolute Gasteiger partial charge is 0.217 e. The van der Waals surface area contributed by atoms with Gasteiger partial charge in [0.1, 0.15) is 22.6 Å². The maximum atomic E-state index is 9.40. The molecule has 1 aromatic heterocycles. The number of ether oxygens (including phenoxy) is 2. The summed E-state index contributed by atoms with van der Waals surface area (Å²) in [5.41, 5.74) is 7.76. The molecule has 6 heteroatoms. The molecule has 4 aromatic carbocycles. The van der Waals surface area contributed by atoms with E-state index in [1.807, 2.05) is 52.1 Å². The number of hydrogen-bond donors (Lipinski definition) is 0. The third-order valence-corrected chi connectivity index (χ3v) is 11.9. The van der Waals surface area contributed by atoms with Crippen LogP contribution in [0.15, 0.2) is 99.8 Å². The van der Waals surface area contributed by atoms with Crippen molar-refractivity contribution in [3.8, 4) is 11.5 Å². The van der Waals surface area contributed by atoms with Gasteiger partial charge in [-0.2, -0.15) is 0 Å². The van der Waals surface area contributed by atoms with Crippen molar-refractivity contribution in [1.82, 2.24) is 4.98 Å². The summed E-state index contributed by atoms with van der Waals surface area (Å²) in [6, 6.07) is 27.4. The van der Waals surface area contributed by atoms with E-state index in [-0.39, 0.29) is 11.3 Å². The standard InChI is InChI=1S/C45H47N3O2S/c1-26(2)30-20-31(42-47-45(10)37-15-13-28(4)29(5)36(37)25-44(45,9)50-42)22-35(21-30)49-34-19-27(3)18-33(24-34)48-38-16-14-32(43(6,7)8)23-40(38)51-39-12-11-17-46-41(39)48/h11-24,26H,25H2,1-10H3/t44-,45+/m0/s1/i25D2. The summed E-state index contributed by atoms with van der Waals surface area (Å²) in [5.74, 6) is 2.90. The molecule has 0 radical (unpaired) electrons. The lowest BCUT2D eigenvalue weighted by atomic mass is 9.84. The Bertz CT molecular complexity index is 2360. The minimum atomic E-state index is -1.75. The van der Waals surface area contributed by atoms with Crippen LogP contribution in [0.5, 0.6) is 11.5 Å². The zero-order valence-electron chi connectivity index (χ0n) is 33.2. The van der Waals surface area contributed by atoms with Crippen LogP contribution in [0.2, 0.25) is 0 Å². The molecule has 260 valence electrons. The van der Waals surface area contributed by atoms with Crippen LogP contribution in [0.4, 0.5) is 17.2 Å². The van der Waals surface area contributed by atoms with E-state index < -0.39 is 17.5 Å². The van der Waals surface area contributed by atoms with Gasteiger partial charge >= 0.3 is 0 Å². The van der Waals surface area contributed by atoms with Crippen LogP contribution in [0.25, 0.3) is 0 Å². The highest BCUT2D eigenvalue weighted by atomic mass is 32.2. The van der Waals surface area contributed by atoms with Crippen LogP contribution in [0, 0.1) is 20.8 Å². The van der Waals surface area contributed by atoms with Gasteiger partial charge in [0.05, 0.1) is 16.3 Å². The predicted octanol–water partition coefficient (Wildman–Crippen LogP) is 12.2. The summed E-state index contributed by atoms with van der Waals surface area (Å²) in [7, 11) is 0. The largest absolute Gasteiger partial charge is 0.468 e. The first-order chi connectivity index (χ1) is 24.9. The van der Waals surface area contributed by atoms with Crippen LogP contribution in [-0.2, 0) is 22.1 Å². The van der Waals surface area contributed by atoms with Crippen LogP contribution in [-0.4, -0.2) is 16.5 Å². The van der Waals surface area contributed by atoms with Crippen molar-refractivity contribution >= 4 is 34.9 Å². The molecule has 0 saturated carbocycles. The van der Waals surface area contributed by atoms with Gasteiger partial charge < -0.3 is 9.47 Å². The molecule has 0 fully saturated rings. The van der Waals surface area contributed by atoms with Crippen molar-refractivity contribution in [2.45, 2.75) is 108 Å². The molecule has 0 amide bonds. The molecule has 2 aliphatic heterocycles. The van der Waals surface area contributed by atoms with E-state index in [0.717, 1.165) is 55.5 Å². The molecule has 2 atom stereocenters. The zero-order chi connectivity index (χ0) is 37.8. The molecule has 51 heavy (non-hydrogen) atoms. The van der Waals surface area contributed by atoms with Crippen molar-refractivity contribution < 1.29 is 12.2 Å². The Labute approximate surface area is 310 Å². The Morgan fingerprint density at radius 2 is 1.71 bits per heavy atom. The normalized spacial score (nSPS) is 21.9. The average molecular weight is 696 g/mol. The van der Waals surface area contributed by atoms with E-state index in [9.17, 15) is 2.74 Å². The topological polar surface area (TPSA) is 47.0 Å². The fraction of sp³-hybridized carbons (Fsp3) is 0.333. The number of rotatable bonds is 5. The maximum Gasteiger partial charge on any atom is 0.217 e. The second-order valence-corrected chi connectivity index (χ2v) is 17.0. The van der Waals surface area contributed by atoms with E-state index in [1.165, 1.54) is 10.5 Å². The van der Waals surface area contributed by atoms with Crippen molar-refractivity contribution in [3.05, 3.63) is 130 Å². The highest BCUT2D eigenvalue weighted by Gasteiger charge is 2.59. The molecule has 5 aromatic rings. The highest BCUT2D eigenvalue weighted by molar-refractivity contribution is 7.99. The molecule has 5 nitrogen and oxygen atoms in total. The predicted molar refractivity (Wildman–Crippen MR) is 210 cm³/mol. The Morgan fingerprint density at radius 1 is 0.922 bits per heavy atom. The molecule has 0 unspecified atom stereocenters. The monoisotopic (exact) mass is 695 g/mol. The number of nitrogens with zero attached hydrogens (tertiary/aromatic N) is 3. The second kappa shape index (κ2) is 11.7. The second-order valence-electron chi connectivity index (χ2n) is 15.9. The molecule has 0 saturated heterocycles. The van der Waals surface area contributed by atoms with Gasteiger partial charge in [-0.3, -0.25) is 4.90 Å². The van der Waals surface area contributed by atoms with Gasteiger partial charge in [0, 0.05) is 31.8 Å².